The zero-order valence-corrected chi connectivity index (χ0v) is 20.9. The van der Waals surface area contributed by atoms with Gasteiger partial charge in [0.25, 0.3) is 0 Å². The van der Waals surface area contributed by atoms with E-state index >= 15 is 0 Å². The van der Waals surface area contributed by atoms with Crippen molar-refractivity contribution in [2.45, 2.75) is 92.0 Å². The third-order valence-corrected chi connectivity index (χ3v) is 4.73. The molecule has 1 fully saturated rings. The molecular weight excluding hydrogens is 375 g/mol. The summed E-state index contributed by atoms with van der Waals surface area (Å²) in [5.41, 5.74) is 2.08. The molecule has 30 heavy (non-hydrogen) atoms. The van der Waals surface area contributed by atoms with Gasteiger partial charge in [0.1, 0.15) is 12.6 Å². The lowest BCUT2D eigenvalue weighted by Gasteiger charge is -2.23. The third-order valence-electron chi connectivity index (χ3n) is 4.73. The molecule has 0 saturated heterocycles. The van der Waals surface area contributed by atoms with Crippen LogP contribution in [-0.4, -0.2) is 25.9 Å². The number of unbranched alkanes of at least 4 members (excludes halogenated alkanes) is 3. The topological polar surface area (TPSA) is 41.1 Å². The summed E-state index contributed by atoms with van der Waals surface area (Å²) in [4.78, 5) is 8.00. The number of halogens is 1. The Bertz CT molecular complexity index is 500. The van der Waals surface area contributed by atoms with Crippen LogP contribution < -0.4 is 10.6 Å². The monoisotopic (exact) mass is 424 g/mol. The average Bonchev–Trinajstić information content (AvgIpc) is 3.61. The minimum Gasteiger partial charge on any atom is -0.382 e. The zero-order chi connectivity index (χ0) is 24.0. The molecule has 1 aliphatic rings. The number of hydrogen-bond donors (Lipinski definition) is 2. The van der Waals surface area contributed by atoms with Gasteiger partial charge in [-0.25, -0.2) is 4.39 Å². The number of aryl methyl sites for hydroxylation is 1. The van der Waals surface area contributed by atoms with E-state index in [0.717, 1.165) is 18.0 Å². The first-order chi connectivity index (χ1) is 14.4. The molecule has 0 spiro atoms. The van der Waals surface area contributed by atoms with Crippen molar-refractivity contribution in [3.63, 3.8) is 0 Å². The van der Waals surface area contributed by atoms with Gasteiger partial charge in [0.15, 0.2) is 0 Å². The molecule has 0 heterocycles. The van der Waals surface area contributed by atoms with E-state index in [1.807, 2.05) is 40.7 Å². The highest BCUT2D eigenvalue weighted by Gasteiger charge is 2.20. The maximum atomic E-state index is 13.2. The largest absolute Gasteiger partial charge is 0.382 e. The lowest BCUT2D eigenvalue weighted by molar-refractivity contribution is -0.0979. The van der Waals surface area contributed by atoms with Crippen LogP contribution in [0.25, 0.3) is 0 Å². The first-order valence-electron chi connectivity index (χ1n) is 11.4. The van der Waals surface area contributed by atoms with Gasteiger partial charge < -0.3 is 15.4 Å². The van der Waals surface area contributed by atoms with Crippen molar-refractivity contribution >= 4 is 12.5 Å². The third kappa shape index (κ3) is 19.6. The minimum absolute atomic E-state index is 0.147. The van der Waals surface area contributed by atoms with Crippen molar-refractivity contribution in [3.8, 4) is 0 Å². The lowest BCUT2D eigenvalue weighted by Crippen LogP contribution is -2.35. The number of rotatable bonds is 9. The molecule has 1 aromatic carbocycles. The van der Waals surface area contributed by atoms with Gasteiger partial charge in [-0.15, -0.1) is 13.2 Å². The Labute approximate surface area is 186 Å². The molecule has 0 aromatic heterocycles. The second-order valence-corrected chi connectivity index (χ2v) is 7.75. The van der Waals surface area contributed by atoms with Crippen molar-refractivity contribution in [2.24, 2.45) is 5.92 Å². The highest BCUT2D eigenvalue weighted by atomic mass is 19.1. The summed E-state index contributed by atoms with van der Waals surface area (Å²) >= 11 is 0. The molecule has 0 unspecified atom stereocenters. The fourth-order valence-electron chi connectivity index (χ4n) is 2.47. The Kier molecular flexibility index (Phi) is 24.2. The lowest BCUT2D eigenvalue weighted by atomic mass is 9.97. The molecule has 0 aliphatic heterocycles. The van der Waals surface area contributed by atoms with Crippen LogP contribution in [0.3, 0.4) is 0 Å². The number of carbonyl (C=O) groups excluding carboxylic acids is 1. The van der Waals surface area contributed by atoms with Gasteiger partial charge in [0.05, 0.1) is 5.69 Å². The van der Waals surface area contributed by atoms with E-state index in [1.165, 1.54) is 51.0 Å². The molecule has 0 bridgehead atoms. The molecule has 4 heteroatoms. The number of benzene rings is 1. The van der Waals surface area contributed by atoms with Crippen LogP contribution in [-0.2, 0) is 4.79 Å². The zero-order valence-electron chi connectivity index (χ0n) is 20.9. The van der Waals surface area contributed by atoms with Gasteiger partial charge in [0, 0.05) is 12.1 Å². The van der Waals surface area contributed by atoms with E-state index in [9.17, 15) is 4.39 Å². The quantitative estimate of drug-likeness (QED) is 0.317. The van der Waals surface area contributed by atoms with Crippen LogP contribution >= 0.6 is 0 Å². The van der Waals surface area contributed by atoms with E-state index in [0.29, 0.717) is 11.2 Å². The smallest absolute Gasteiger partial charge is 0.146 e. The second kappa shape index (κ2) is 22.0. The summed E-state index contributed by atoms with van der Waals surface area (Å²) < 4.78 is 13.2. The predicted octanol–water partition coefficient (Wildman–Crippen LogP) is 7.55. The van der Waals surface area contributed by atoms with Crippen molar-refractivity contribution in [1.82, 2.24) is 5.32 Å². The van der Waals surface area contributed by atoms with Gasteiger partial charge in [-0.05, 0) is 70.7 Å². The maximum Gasteiger partial charge on any atom is 0.146 e. The molecule has 3 nitrogen and oxygen atoms in total. The Morgan fingerprint density at radius 2 is 1.67 bits per heavy atom. The van der Waals surface area contributed by atoms with Crippen molar-refractivity contribution in [1.29, 1.82) is 0 Å². The van der Waals surface area contributed by atoms with Crippen LogP contribution in [0.15, 0.2) is 31.4 Å². The average molecular weight is 425 g/mol. The van der Waals surface area contributed by atoms with Gasteiger partial charge in [-0.3, -0.25) is 0 Å². The Morgan fingerprint density at radius 1 is 1.10 bits per heavy atom. The van der Waals surface area contributed by atoms with Crippen LogP contribution in [0.1, 0.15) is 85.1 Å². The number of anilines is 1. The van der Waals surface area contributed by atoms with E-state index in [2.05, 4.69) is 44.6 Å². The van der Waals surface area contributed by atoms with Gasteiger partial charge in [-0.1, -0.05) is 52.5 Å². The van der Waals surface area contributed by atoms with Crippen molar-refractivity contribution in [3.05, 3.63) is 42.7 Å². The molecule has 0 radical (unpaired) electrons. The maximum absolute atomic E-state index is 13.2. The fourth-order valence-corrected chi connectivity index (χ4v) is 2.47. The van der Waals surface area contributed by atoms with Crippen LogP contribution in [0.4, 0.5) is 10.1 Å². The molecule has 1 aliphatic carbocycles. The number of nitrogens with one attached hydrogen (secondary N) is 2. The van der Waals surface area contributed by atoms with Crippen LogP contribution in [0, 0.1) is 18.7 Å². The normalized spacial score (nSPS) is 11.7. The SMILES string of the molecule is C=C.C=O.CC.CCCCCCC(C)(C)NC.Cc1ccc(F)c(NCC2CC2)c1. The minimum atomic E-state index is -0.147. The van der Waals surface area contributed by atoms with Crippen LogP contribution in [0.5, 0.6) is 0 Å². The molecule has 0 amide bonds. The van der Waals surface area contributed by atoms with E-state index in [4.69, 9.17) is 4.79 Å². The summed E-state index contributed by atoms with van der Waals surface area (Å²) in [6, 6.07) is 5.17. The van der Waals surface area contributed by atoms with Gasteiger partial charge >= 0.3 is 0 Å². The Balaban J connectivity index is -0.000000393. The molecule has 0 atom stereocenters. The van der Waals surface area contributed by atoms with Gasteiger partial charge in [0.2, 0.25) is 0 Å². The van der Waals surface area contributed by atoms with Crippen molar-refractivity contribution < 1.29 is 9.18 Å². The molecular formula is C26H49FN2O. The van der Waals surface area contributed by atoms with E-state index in [1.54, 1.807) is 6.07 Å². The molecule has 1 aromatic rings. The Hall–Kier alpha value is -1.68. The fraction of sp³-hybridized carbons (Fsp3) is 0.654. The predicted molar refractivity (Wildman–Crippen MR) is 134 cm³/mol. The molecule has 2 N–H and O–H groups in total. The molecule has 2 rings (SSSR count). The van der Waals surface area contributed by atoms with Gasteiger partial charge in [-0.2, -0.15) is 0 Å². The Morgan fingerprint density at radius 3 is 2.13 bits per heavy atom. The molecule has 1 saturated carbocycles. The van der Waals surface area contributed by atoms with E-state index in [-0.39, 0.29) is 5.82 Å². The first kappa shape index (κ1) is 33.0. The highest BCUT2D eigenvalue weighted by Crippen LogP contribution is 2.29. The second-order valence-electron chi connectivity index (χ2n) is 7.75. The summed E-state index contributed by atoms with van der Waals surface area (Å²) in [7, 11) is 2.04. The number of hydrogen-bond acceptors (Lipinski definition) is 3. The summed E-state index contributed by atoms with van der Waals surface area (Å²) in [5.74, 6) is 0.631. The number of carbonyl (C=O) groups is 1. The van der Waals surface area contributed by atoms with E-state index < -0.39 is 0 Å². The first-order valence-corrected chi connectivity index (χ1v) is 11.4. The highest BCUT2D eigenvalue weighted by molar-refractivity contribution is 5.47. The summed E-state index contributed by atoms with van der Waals surface area (Å²) in [6.07, 6.45) is 9.35. The summed E-state index contributed by atoms with van der Waals surface area (Å²) in [6.45, 7) is 21.7. The summed E-state index contributed by atoms with van der Waals surface area (Å²) in [5, 5.41) is 6.46. The van der Waals surface area contributed by atoms with Crippen molar-refractivity contribution in [2.75, 3.05) is 18.9 Å². The molecule has 176 valence electrons. The van der Waals surface area contributed by atoms with Crippen LogP contribution in [0.2, 0.25) is 0 Å². The standard InChI is InChI=1S/C11H14FN.C10H23N.C2H6.C2H4.CH2O/c1-8-2-5-10(12)11(6-8)13-7-9-3-4-9;1-5-6-7-8-9-10(2,3)11-4;3*1-2/h2,5-6,9,13H,3-4,7H2,1H3;11H,5-9H2,1-4H3;1-2H3;1-2H2;1H2.